The van der Waals surface area contributed by atoms with Gasteiger partial charge in [0.25, 0.3) is 0 Å². The summed E-state index contributed by atoms with van der Waals surface area (Å²) in [5.74, 6) is 0.510. The first-order valence-corrected chi connectivity index (χ1v) is 7.43. The van der Waals surface area contributed by atoms with Gasteiger partial charge in [0.15, 0.2) is 0 Å². The minimum atomic E-state index is -0.217. The van der Waals surface area contributed by atoms with Crippen LogP contribution in [0.1, 0.15) is 39.2 Å². The van der Waals surface area contributed by atoms with E-state index in [1.807, 2.05) is 6.07 Å². The average Bonchev–Trinajstić information content (AvgIpc) is 2.22. The predicted molar refractivity (Wildman–Crippen MR) is 78.7 cm³/mol. The molecule has 2 fully saturated rings. The normalized spacial score (nSPS) is 22.4. The fourth-order valence-corrected chi connectivity index (χ4v) is 3.74. The van der Waals surface area contributed by atoms with Gasteiger partial charge in [-0.2, -0.15) is 0 Å². The van der Waals surface area contributed by atoms with Gasteiger partial charge in [0.1, 0.15) is 11.6 Å². The second-order valence-electron chi connectivity index (χ2n) is 7.71. The molecule has 0 radical (unpaired) electrons. The zero-order chi connectivity index (χ0) is 14.5. The number of hydrogen-bond donors (Lipinski definition) is 0. The fraction of sp³-hybridized carbons (Fsp3) is 0.647. The average molecular weight is 277 g/mol. The van der Waals surface area contributed by atoms with Gasteiger partial charge in [-0.1, -0.05) is 26.8 Å². The second kappa shape index (κ2) is 4.45. The summed E-state index contributed by atoms with van der Waals surface area (Å²) in [5.41, 5.74) is 1.56. The number of benzene rings is 1. The quantitative estimate of drug-likeness (QED) is 0.819. The van der Waals surface area contributed by atoms with Gasteiger partial charge < -0.3 is 9.64 Å². The van der Waals surface area contributed by atoms with Crippen molar-refractivity contribution in [2.24, 2.45) is 5.41 Å². The maximum absolute atomic E-state index is 13.5. The van der Waals surface area contributed by atoms with Crippen molar-refractivity contribution in [2.45, 2.75) is 45.1 Å². The second-order valence-corrected chi connectivity index (χ2v) is 7.71. The molecule has 1 aliphatic heterocycles. The van der Waals surface area contributed by atoms with Gasteiger partial charge in [0.2, 0.25) is 0 Å². The van der Waals surface area contributed by atoms with Crippen LogP contribution in [0.15, 0.2) is 18.2 Å². The first-order chi connectivity index (χ1) is 9.27. The smallest absolute Gasteiger partial charge is 0.126 e. The van der Waals surface area contributed by atoms with Gasteiger partial charge >= 0.3 is 0 Å². The lowest BCUT2D eigenvalue weighted by atomic mass is 9.62. The lowest BCUT2D eigenvalue weighted by Crippen LogP contribution is -2.63. The molecule has 0 atom stereocenters. The molecular formula is C17H24FNO. The van der Waals surface area contributed by atoms with Crippen LogP contribution in [0.2, 0.25) is 0 Å². The van der Waals surface area contributed by atoms with Crippen molar-refractivity contribution in [1.29, 1.82) is 0 Å². The molecule has 1 aromatic rings. The molecule has 1 saturated heterocycles. The lowest BCUT2D eigenvalue weighted by molar-refractivity contribution is -0.109. The highest BCUT2D eigenvalue weighted by molar-refractivity contribution is 5.39. The summed E-state index contributed by atoms with van der Waals surface area (Å²) in [5, 5.41) is 0. The highest BCUT2D eigenvalue weighted by Crippen LogP contribution is 2.49. The number of hydrogen-bond acceptors (Lipinski definition) is 2. The van der Waals surface area contributed by atoms with E-state index in [4.69, 9.17) is 4.74 Å². The molecule has 0 unspecified atom stereocenters. The summed E-state index contributed by atoms with van der Waals surface area (Å²) in [6, 6.07) is 4.92. The summed E-state index contributed by atoms with van der Waals surface area (Å²) in [4.78, 5) is 2.35. The van der Waals surface area contributed by atoms with Crippen LogP contribution >= 0.6 is 0 Å². The van der Waals surface area contributed by atoms with Gasteiger partial charge in [-0.15, -0.1) is 0 Å². The molecule has 2 nitrogen and oxygen atoms in total. The summed E-state index contributed by atoms with van der Waals surface area (Å²) in [7, 11) is 2.16. The van der Waals surface area contributed by atoms with Crippen LogP contribution in [-0.2, 0) is 5.41 Å². The molecular weight excluding hydrogens is 253 g/mol. The Hall–Kier alpha value is -1.09. The Kier molecular flexibility index (Phi) is 3.09. The van der Waals surface area contributed by atoms with Gasteiger partial charge in [-0.25, -0.2) is 4.39 Å². The van der Waals surface area contributed by atoms with E-state index >= 15 is 0 Å². The van der Waals surface area contributed by atoms with E-state index < -0.39 is 0 Å². The van der Waals surface area contributed by atoms with E-state index in [1.54, 1.807) is 6.07 Å². The third-order valence-electron chi connectivity index (χ3n) is 4.58. The van der Waals surface area contributed by atoms with E-state index in [2.05, 4.69) is 32.7 Å². The largest absolute Gasteiger partial charge is 0.490 e. The van der Waals surface area contributed by atoms with Crippen LogP contribution in [-0.4, -0.2) is 31.1 Å². The number of halogens is 1. The number of nitrogens with zero attached hydrogens (tertiary/aromatic N) is 1. The molecule has 110 valence electrons. The topological polar surface area (TPSA) is 12.5 Å². The molecule has 1 spiro atoms. The van der Waals surface area contributed by atoms with Gasteiger partial charge in [-0.3, -0.25) is 0 Å². The van der Waals surface area contributed by atoms with Gasteiger partial charge in [-0.05, 0) is 36.9 Å². The third-order valence-corrected chi connectivity index (χ3v) is 4.58. The summed E-state index contributed by atoms with van der Waals surface area (Å²) >= 11 is 0. The Bertz CT molecular complexity index is 506. The Morgan fingerprint density at radius 1 is 1.25 bits per heavy atom. The molecule has 1 saturated carbocycles. The minimum absolute atomic E-state index is 0.0266. The van der Waals surface area contributed by atoms with Crippen LogP contribution in [0.4, 0.5) is 4.39 Å². The van der Waals surface area contributed by atoms with E-state index in [9.17, 15) is 4.39 Å². The molecule has 1 aromatic carbocycles. The Morgan fingerprint density at radius 3 is 2.45 bits per heavy atom. The molecule has 20 heavy (non-hydrogen) atoms. The molecule has 0 bridgehead atoms. The summed E-state index contributed by atoms with van der Waals surface area (Å²) in [6.07, 6.45) is 2.47. The standard InChI is InChI=1S/C17H24FNO/c1-16(2,3)14-6-5-12(18)7-15(14)20-13-8-17(9-13)10-19(4)11-17/h5-7,13H,8-11H2,1-4H3. The zero-order valence-electron chi connectivity index (χ0n) is 12.9. The van der Waals surface area contributed by atoms with Crippen LogP contribution < -0.4 is 4.74 Å². The maximum atomic E-state index is 13.5. The van der Waals surface area contributed by atoms with E-state index in [0.29, 0.717) is 5.41 Å². The van der Waals surface area contributed by atoms with Crippen molar-refractivity contribution in [2.75, 3.05) is 20.1 Å². The van der Waals surface area contributed by atoms with Crippen LogP contribution in [0, 0.1) is 11.2 Å². The molecule has 2 aliphatic rings. The van der Waals surface area contributed by atoms with E-state index in [0.717, 1.165) is 24.2 Å². The van der Waals surface area contributed by atoms with Crippen molar-refractivity contribution in [3.63, 3.8) is 0 Å². The van der Waals surface area contributed by atoms with Gasteiger partial charge in [0, 0.05) is 24.6 Å². The zero-order valence-corrected chi connectivity index (χ0v) is 12.9. The monoisotopic (exact) mass is 277 g/mol. The number of ether oxygens (including phenoxy) is 1. The van der Waals surface area contributed by atoms with Crippen molar-refractivity contribution >= 4 is 0 Å². The summed E-state index contributed by atoms with van der Waals surface area (Å²) < 4.78 is 19.6. The van der Waals surface area contributed by atoms with Crippen LogP contribution in [0.5, 0.6) is 5.75 Å². The van der Waals surface area contributed by atoms with E-state index in [-0.39, 0.29) is 17.3 Å². The molecule has 1 heterocycles. The number of likely N-dealkylation sites (tertiary alicyclic amines) is 1. The third kappa shape index (κ3) is 2.44. The SMILES string of the molecule is CN1CC2(CC(Oc3cc(F)ccc3C(C)(C)C)C2)C1. The van der Waals surface area contributed by atoms with Crippen LogP contribution in [0.25, 0.3) is 0 Å². The minimum Gasteiger partial charge on any atom is -0.490 e. The molecule has 3 heteroatoms. The highest BCUT2D eigenvalue weighted by atomic mass is 19.1. The molecule has 0 aromatic heterocycles. The van der Waals surface area contributed by atoms with Crippen molar-refractivity contribution in [3.05, 3.63) is 29.6 Å². The first kappa shape index (κ1) is 13.9. The van der Waals surface area contributed by atoms with E-state index in [1.165, 1.54) is 19.2 Å². The Balaban J connectivity index is 1.70. The molecule has 1 aliphatic carbocycles. The van der Waals surface area contributed by atoms with Crippen molar-refractivity contribution < 1.29 is 9.13 Å². The summed E-state index contributed by atoms with van der Waals surface area (Å²) in [6.45, 7) is 8.77. The lowest BCUT2D eigenvalue weighted by Gasteiger charge is -2.57. The van der Waals surface area contributed by atoms with Crippen molar-refractivity contribution in [1.82, 2.24) is 4.90 Å². The maximum Gasteiger partial charge on any atom is 0.126 e. The molecule has 0 amide bonds. The Labute approximate surface area is 120 Å². The van der Waals surface area contributed by atoms with Crippen LogP contribution in [0.3, 0.4) is 0 Å². The number of rotatable bonds is 2. The van der Waals surface area contributed by atoms with Gasteiger partial charge in [0.05, 0.1) is 6.10 Å². The highest BCUT2D eigenvalue weighted by Gasteiger charge is 2.52. The predicted octanol–water partition coefficient (Wildman–Crippen LogP) is 3.60. The first-order valence-electron chi connectivity index (χ1n) is 7.43. The Morgan fingerprint density at radius 2 is 1.90 bits per heavy atom. The molecule has 3 rings (SSSR count). The van der Waals surface area contributed by atoms with Crippen molar-refractivity contribution in [3.8, 4) is 5.75 Å². The fourth-order valence-electron chi connectivity index (χ4n) is 3.74. The molecule has 0 N–H and O–H groups in total.